The molecule has 31 heavy (non-hydrogen) atoms. The van der Waals surface area contributed by atoms with Crippen molar-refractivity contribution in [1.82, 2.24) is 5.32 Å². The van der Waals surface area contributed by atoms with Crippen molar-refractivity contribution in [2.75, 3.05) is 18.0 Å². The van der Waals surface area contributed by atoms with Gasteiger partial charge in [-0.1, -0.05) is 24.3 Å². The van der Waals surface area contributed by atoms with E-state index >= 15 is 0 Å². The molecular formula is C25H25FN2O3. The molecule has 0 aliphatic carbocycles. The second-order valence-corrected chi connectivity index (χ2v) is 7.63. The van der Waals surface area contributed by atoms with Crippen LogP contribution in [0.1, 0.15) is 28.8 Å². The number of hydrogen-bond donors (Lipinski definition) is 2. The largest absolute Gasteiger partial charge is 0.457 e. The van der Waals surface area contributed by atoms with Crippen LogP contribution in [0, 0.1) is 5.82 Å². The number of piperidine rings is 1. The molecule has 1 amide bonds. The van der Waals surface area contributed by atoms with Crippen LogP contribution < -0.4 is 15.0 Å². The molecule has 0 spiro atoms. The van der Waals surface area contributed by atoms with Crippen LogP contribution in [0.5, 0.6) is 11.5 Å². The Hall–Kier alpha value is -3.38. The Morgan fingerprint density at radius 1 is 1.00 bits per heavy atom. The number of carbonyl (C=O) groups is 1. The van der Waals surface area contributed by atoms with Crippen molar-refractivity contribution in [2.24, 2.45) is 0 Å². The summed E-state index contributed by atoms with van der Waals surface area (Å²) in [5.74, 6) is 0.822. The molecule has 1 heterocycles. The third-order valence-electron chi connectivity index (χ3n) is 5.37. The number of carbonyl (C=O) groups excluding carboxylic acids is 1. The quantitative estimate of drug-likeness (QED) is 0.616. The second kappa shape index (κ2) is 9.62. The minimum absolute atomic E-state index is 0.233. The number of ether oxygens (including phenoxy) is 1. The first kappa shape index (κ1) is 20.9. The van der Waals surface area contributed by atoms with Gasteiger partial charge in [0.25, 0.3) is 5.91 Å². The summed E-state index contributed by atoms with van der Waals surface area (Å²) in [6, 6.07) is 21.3. The lowest BCUT2D eigenvalue weighted by Gasteiger charge is -2.31. The van der Waals surface area contributed by atoms with Crippen molar-refractivity contribution in [1.29, 1.82) is 0 Å². The maximum Gasteiger partial charge on any atom is 0.251 e. The van der Waals surface area contributed by atoms with Gasteiger partial charge < -0.3 is 20.1 Å². The molecule has 0 atom stereocenters. The highest BCUT2D eigenvalue weighted by Gasteiger charge is 2.19. The fourth-order valence-electron chi connectivity index (χ4n) is 3.61. The lowest BCUT2D eigenvalue weighted by atomic mass is 10.1. The number of anilines is 1. The van der Waals surface area contributed by atoms with Crippen LogP contribution >= 0.6 is 0 Å². The van der Waals surface area contributed by atoms with Crippen molar-refractivity contribution >= 4 is 11.6 Å². The number of amides is 1. The van der Waals surface area contributed by atoms with Gasteiger partial charge in [0.1, 0.15) is 17.3 Å². The Morgan fingerprint density at radius 2 is 1.68 bits per heavy atom. The predicted octanol–water partition coefficient (Wildman–Crippen LogP) is 4.51. The van der Waals surface area contributed by atoms with Gasteiger partial charge >= 0.3 is 0 Å². The number of halogens is 1. The van der Waals surface area contributed by atoms with E-state index in [1.165, 1.54) is 6.07 Å². The lowest BCUT2D eigenvalue weighted by Crippen LogP contribution is -2.36. The summed E-state index contributed by atoms with van der Waals surface area (Å²) in [7, 11) is 0. The molecule has 3 aromatic rings. The van der Waals surface area contributed by atoms with E-state index in [1.807, 2.05) is 41.3 Å². The van der Waals surface area contributed by atoms with Gasteiger partial charge in [0, 0.05) is 25.2 Å². The molecule has 0 unspecified atom stereocenters. The van der Waals surface area contributed by atoms with Crippen LogP contribution in [0.15, 0.2) is 72.8 Å². The summed E-state index contributed by atoms with van der Waals surface area (Å²) in [6.07, 6.45) is 0.992. The number of aliphatic hydroxyl groups excluding tert-OH is 1. The van der Waals surface area contributed by atoms with Crippen molar-refractivity contribution in [3.05, 3.63) is 89.7 Å². The van der Waals surface area contributed by atoms with Gasteiger partial charge in [0.05, 0.1) is 11.8 Å². The maximum atomic E-state index is 14.6. The van der Waals surface area contributed by atoms with E-state index in [1.54, 1.807) is 30.3 Å². The van der Waals surface area contributed by atoms with Crippen LogP contribution in [-0.2, 0) is 6.54 Å². The zero-order chi connectivity index (χ0) is 21.6. The first-order valence-corrected chi connectivity index (χ1v) is 10.4. The van der Waals surface area contributed by atoms with Crippen LogP contribution in [0.25, 0.3) is 0 Å². The van der Waals surface area contributed by atoms with E-state index in [4.69, 9.17) is 4.74 Å². The topological polar surface area (TPSA) is 61.8 Å². The zero-order valence-electron chi connectivity index (χ0n) is 17.1. The summed E-state index contributed by atoms with van der Waals surface area (Å²) >= 11 is 0. The van der Waals surface area contributed by atoms with Gasteiger partial charge in [-0.2, -0.15) is 0 Å². The Labute approximate surface area is 181 Å². The highest BCUT2D eigenvalue weighted by atomic mass is 19.1. The Bertz CT molecular complexity index is 1020. The summed E-state index contributed by atoms with van der Waals surface area (Å²) in [5.41, 5.74) is 1.73. The van der Waals surface area contributed by atoms with Gasteiger partial charge in [-0.25, -0.2) is 4.39 Å². The molecule has 0 aromatic heterocycles. The van der Waals surface area contributed by atoms with Crippen LogP contribution in [0.3, 0.4) is 0 Å². The molecule has 3 aromatic carbocycles. The lowest BCUT2D eigenvalue weighted by molar-refractivity contribution is 0.0951. The Kier molecular flexibility index (Phi) is 6.48. The average Bonchev–Trinajstić information content (AvgIpc) is 2.79. The van der Waals surface area contributed by atoms with Crippen LogP contribution in [-0.4, -0.2) is 30.2 Å². The normalized spacial score (nSPS) is 14.3. The van der Waals surface area contributed by atoms with Crippen molar-refractivity contribution < 1.29 is 19.0 Å². The molecule has 1 aliphatic heterocycles. The van der Waals surface area contributed by atoms with Crippen molar-refractivity contribution in [2.45, 2.75) is 25.5 Å². The van der Waals surface area contributed by atoms with Gasteiger partial charge in [0.2, 0.25) is 0 Å². The van der Waals surface area contributed by atoms with Gasteiger partial charge in [-0.05, 0) is 66.9 Å². The van der Waals surface area contributed by atoms with E-state index in [0.717, 1.165) is 5.75 Å². The molecule has 160 valence electrons. The molecule has 0 radical (unpaired) electrons. The molecule has 1 fully saturated rings. The highest BCUT2D eigenvalue weighted by molar-refractivity contribution is 5.94. The fourth-order valence-corrected chi connectivity index (χ4v) is 3.61. The molecule has 1 saturated heterocycles. The predicted molar refractivity (Wildman–Crippen MR) is 118 cm³/mol. The average molecular weight is 420 g/mol. The third kappa shape index (κ3) is 5.41. The highest BCUT2D eigenvalue weighted by Crippen LogP contribution is 2.25. The van der Waals surface area contributed by atoms with E-state index in [0.29, 0.717) is 48.5 Å². The summed E-state index contributed by atoms with van der Waals surface area (Å²) < 4.78 is 20.3. The van der Waals surface area contributed by atoms with E-state index in [9.17, 15) is 14.3 Å². The second-order valence-electron chi connectivity index (χ2n) is 7.63. The standard InChI is InChI=1S/C25H25FN2O3/c26-23-16-18(6-11-24(23)28-14-12-20(29)13-15-28)17-27-25(30)19-7-9-22(10-8-19)31-21-4-2-1-3-5-21/h1-11,16,20,29H,12-15,17H2,(H,27,30). The smallest absolute Gasteiger partial charge is 0.251 e. The number of para-hydroxylation sites is 1. The number of nitrogens with zero attached hydrogens (tertiary/aromatic N) is 1. The molecule has 0 saturated carbocycles. The molecule has 6 heteroatoms. The zero-order valence-corrected chi connectivity index (χ0v) is 17.1. The van der Waals surface area contributed by atoms with Gasteiger partial charge in [-0.15, -0.1) is 0 Å². The van der Waals surface area contributed by atoms with Crippen molar-refractivity contribution in [3.63, 3.8) is 0 Å². The number of hydrogen-bond acceptors (Lipinski definition) is 4. The minimum Gasteiger partial charge on any atom is -0.457 e. The van der Waals surface area contributed by atoms with Crippen molar-refractivity contribution in [3.8, 4) is 11.5 Å². The fraction of sp³-hybridized carbons (Fsp3) is 0.240. The SMILES string of the molecule is O=C(NCc1ccc(N2CCC(O)CC2)c(F)c1)c1ccc(Oc2ccccc2)cc1. The summed E-state index contributed by atoms with van der Waals surface area (Å²) in [4.78, 5) is 14.4. The van der Waals surface area contributed by atoms with Crippen LogP contribution in [0.4, 0.5) is 10.1 Å². The molecule has 2 N–H and O–H groups in total. The molecule has 1 aliphatic rings. The molecule has 0 bridgehead atoms. The Balaban J connectivity index is 1.32. The monoisotopic (exact) mass is 420 g/mol. The summed E-state index contributed by atoms with van der Waals surface area (Å²) in [5, 5.41) is 12.4. The number of benzene rings is 3. The minimum atomic E-state index is -0.314. The molecular weight excluding hydrogens is 395 g/mol. The number of nitrogens with one attached hydrogen (secondary N) is 1. The van der Waals surface area contributed by atoms with Crippen LogP contribution in [0.2, 0.25) is 0 Å². The van der Waals surface area contributed by atoms with Gasteiger partial charge in [0.15, 0.2) is 0 Å². The van der Waals surface area contributed by atoms with Gasteiger partial charge in [-0.3, -0.25) is 4.79 Å². The maximum absolute atomic E-state index is 14.6. The van der Waals surface area contributed by atoms with E-state index < -0.39 is 0 Å². The summed E-state index contributed by atoms with van der Waals surface area (Å²) in [6.45, 7) is 1.51. The van der Waals surface area contributed by atoms with E-state index in [-0.39, 0.29) is 24.4 Å². The number of rotatable bonds is 6. The number of aliphatic hydroxyl groups is 1. The third-order valence-corrected chi connectivity index (χ3v) is 5.37. The van der Waals surface area contributed by atoms with E-state index in [2.05, 4.69) is 5.32 Å². The molecule has 5 nitrogen and oxygen atoms in total. The first-order chi connectivity index (χ1) is 15.1. The first-order valence-electron chi connectivity index (χ1n) is 10.4. The Morgan fingerprint density at radius 3 is 2.35 bits per heavy atom. The molecule has 4 rings (SSSR count).